The van der Waals surface area contributed by atoms with Crippen LogP contribution in [0.15, 0.2) is 59.5 Å². The van der Waals surface area contributed by atoms with E-state index < -0.39 is 22.2 Å². The van der Waals surface area contributed by atoms with E-state index in [2.05, 4.69) is 4.84 Å². The molecule has 25 heavy (non-hydrogen) atoms. The Morgan fingerprint density at radius 2 is 1.60 bits per heavy atom. The molecule has 0 atom stereocenters. The van der Waals surface area contributed by atoms with E-state index in [1.165, 1.54) is 42.5 Å². The first-order valence-electron chi connectivity index (χ1n) is 6.85. The van der Waals surface area contributed by atoms with Crippen LogP contribution >= 0.6 is 0 Å². The summed E-state index contributed by atoms with van der Waals surface area (Å²) in [6, 6.07) is 11.8. The van der Waals surface area contributed by atoms with E-state index in [1.807, 2.05) is 0 Å². The lowest BCUT2D eigenvalue weighted by atomic mass is 10.2. The molecule has 0 aliphatic carbocycles. The van der Waals surface area contributed by atoms with Gasteiger partial charge < -0.3 is 10.6 Å². The molecule has 10 heteroatoms. The van der Waals surface area contributed by atoms with Crippen molar-refractivity contribution in [3.05, 3.63) is 60.2 Å². The molecule has 0 amide bonds. The smallest absolute Gasteiger partial charge is 0.326 e. The minimum absolute atomic E-state index is 0.0571. The fourth-order valence-corrected chi connectivity index (χ4v) is 3.07. The van der Waals surface area contributed by atoms with Crippen LogP contribution in [-0.2, 0) is 26.2 Å². The van der Waals surface area contributed by atoms with Crippen LogP contribution < -0.4 is 10.2 Å². The molecule has 0 heterocycles. The van der Waals surface area contributed by atoms with Gasteiger partial charge in [0, 0.05) is 6.54 Å². The second-order valence-corrected chi connectivity index (χ2v) is 6.55. The quantitative estimate of drug-likeness (QED) is 0.812. The number of carbonyl (C=O) groups excluding carboxylic acids is 1. The number of hydrogen-bond acceptors (Lipinski definition) is 5. The first-order valence-corrected chi connectivity index (χ1v) is 8.29. The maximum Gasteiger partial charge on any atom is 0.493 e. The molecule has 134 valence electrons. The zero-order chi connectivity index (χ0) is 18.7. The lowest BCUT2D eigenvalue weighted by Gasteiger charge is -2.23. The Kier molecular flexibility index (Phi) is 5.33. The summed E-state index contributed by atoms with van der Waals surface area (Å²) in [4.78, 5) is 15.0. The first kappa shape index (κ1) is 18.7. The molecule has 0 saturated heterocycles. The molecule has 2 aromatic carbocycles. The van der Waals surface area contributed by atoms with Crippen LogP contribution in [0, 0.1) is 0 Å². The molecule has 0 aliphatic heterocycles. The van der Waals surface area contributed by atoms with E-state index >= 15 is 0 Å². The van der Waals surface area contributed by atoms with Crippen molar-refractivity contribution < 1.29 is 31.2 Å². The maximum atomic E-state index is 12.6. The summed E-state index contributed by atoms with van der Waals surface area (Å²) in [7, 11) is -4.57. The molecule has 0 fully saturated rings. The van der Waals surface area contributed by atoms with Crippen molar-refractivity contribution in [1.29, 1.82) is 0 Å². The van der Waals surface area contributed by atoms with E-state index in [-0.39, 0.29) is 21.6 Å². The number of benzene rings is 2. The fraction of sp³-hybridized carbons (Fsp3) is 0.133. The second kappa shape index (κ2) is 7.11. The predicted octanol–water partition coefficient (Wildman–Crippen LogP) is 2.36. The van der Waals surface area contributed by atoms with Crippen LogP contribution in [0.3, 0.4) is 0 Å². The summed E-state index contributed by atoms with van der Waals surface area (Å²) in [6.45, 7) is 0.147. The number of carbonyl (C=O) groups is 1. The van der Waals surface area contributed by atoms with E-state index in [4.69, 9.17) is 5.73 Å². The van der Waals surface area contributed by atoms with Crippen LogP contribution in [0.25, 0.3) is 0 Å². The number of nitrogens with two attached hydrogens (primary N) is 1. The van der Waals surface area contributed by atoms with Crippen molar-refractivity contribution in [2.24, 2.45) is 5.73 Å². The van der Waals surface area contributed by atoms with Crippen LogP contribution in [0.2, 0.25) is 0 Å². The highest BCUT2D eigenvalue weighted by atomic mass is 32.2. The number of sulfonamides is 1. The highest BCUT2D eigenvalue weighted by molar-refractivity contribution is 7.92. The van der Waals surface area contributed by atoms with E-state index in [0.717, 1.165) is 12.1 Å². The van der Waals surface area contributed by atoms with Gasteiger partial charge in [0.25, 0.3) is 10.0 Å². The summed E-state index contributed by atoms with van der Waals surface area (Å²) < 4.78 is 62.7. The van der Waals surface area contributed by atoms with Crippen molar-refractivity contribution in [2.45, 2.75) is 17.6 Å². The number of rotatable bonds is 5. The topological polar surface area (TPSA) is 89.7 Å². The van der Waals surface area contributed by atoms with Crippen molar-refractivity contribution in [3.63, 3.8) is 0 Å². The lowest BCUT2D eigenvalue weighted by molar-refractivity contribution is -0.199. The van der Waals surface area contributed by atoms with Gasteiger partial charge in [0.2, 0.25) is 0 Å². The predicted molar refractivity (Wildman–Crippen MR) is 82.6 cm³/mol. The van der Waals surface area contributed by atoms with Gasteiger partial charge in [-0.2, -0.15) is 21.6 Å². The average Bonchev–Trinajstić information content (AvgIpc) is 2.59. The van der Waals surface area contributed by atoms with Gasteiger partial charge >= 0.3 is 12.1 Å². The van der Waals surface area contributed by atoms with Gasteiger partial charge in [-0.15, -0.1) is 0 Å². The Labute approximate surface area is 141 Å². The van der Waals surface area contributed by atoms with Crippen LogP contribution in [0.5, 0.6) is 0 Å². The summed E-state index contributed by atoms with van der Waals surface area (Å²) in [5, 5.41) is 0. The highest BCUT2D eigenvalue weighted by Gasteiger charge is 2.44. The number of alkyl halides is 3. The third-order valence-electron chi connectivity index (χ3n) is 3.04. The van der Waals surface area contributed by atoms with Gasteiger partial charge in [0.05, 0.1) is 10.6 Å². The fourth-order valence-electron chi connectivity index (χ4n) is 1.81. The average molecular weight is 374 g/mol. The molecule has 0 spiro atoms. The van der Waals surface area contributed by atoms with Gasteiger partial charge in [0.1, 0.15) is 0 Å². The Morgan fingerprint density at radius 3 is 2.08 bits per heavy atom. The molecule has 0 aliphatic rings. The molecule has 0 aromatic heterocycles. The molecule has 2 aromatic rings. The largest absolute Gasteiger partial charge is 0.493 e. The standard InChI is InChI=1S/C15H13F3N2O4S/c16-15(17,18)14(21)24-20(12-8-6-11(10-19)7-9-12)25(22,23)13-4-2-1-3-5-13/h1-9H,10,19H2. The lowest BCUT2D eigenvalue weighted by Crippen LogP contribution is -2.38. The van der Waals surface area contributed by atoms with E-state index in [0.29, 0.717) is 5.56 Å². The Hall–Kier alpha value is -2.59. The van der Waals surface area contributed by atoms with Gasteiger partial charge in [-0.3, -0.25) is 0 Å². The summed E-state index contributed by atoms with van der Waals surface area (Å²) in [5.74, 6) is -2.66. The maximum absolute atomic E-state index is 12.6. The molecule has 0 radical (unpaired) electrons. The Morgan fingerprint density at radius 1 is 1.04 bits per heavy atom. The third kappa shape index (κ3) is 4.28. The van der Waals surface area contributed by atoms with E-state index in [9.17, 15) is 26.4 Å². The SMILES string of the molecule is NCc1ccc(N(OC(=O)C(F)(F)F)S(=O)(=O)c2ccccc2)cc1. The molecular formula is C15H13F3N2O4S. The monoisotopic (exact) mass is 374 g/mol. The Bertz CT molecular complexity index is 837. The summed E-state index contributed by atoms with van der Waals surface area (Å²) in [6.07, 6.45) is -5.36. The van der Waals surface area contributed by atoms with Crippen LogP contribution in [0.1, 0.15) is 5.56 Å². The number of nitrogens with zero attached hydrogens (tertiary/aromatic N) is 1. The zero-order valence-electron chi connectivity index (χ0n) is 12.6. The van der Waals surface area contributed by atoms with Crippen molar-refractivity contribution >= 4 is 21.7 Å². The van der Waals surface area contributed by atoms with Crippen molar-refractivity contribution in [2.75, 3.05) is 4.47 Å². The minimum Gasteiger partial charge on any atom is -0.326 e. The summed E-state index contributed by atoms with van der Waals surface area (Å²) >= 11 is 0. The van der Waals surface area contributed by atoms with Gasteiger partial charge in [-0.1, -0.05) is 34.8 Å². The van der Waals surface area contributed by atoms with Crippen LogP contribution in [-0.4, -0.2) is 20.6 Å². The van der Waals surface area contributed by atoms with Gasteiger partial charge in [-0.05, 0) is 29.8 Å². The van der Waals surface area contributed by atoms with Crippen molar-refractivity contribution in [1.82, 2.24) is 0 Å². The molecule has 2 rings (SSSR count). The molecule has 0 bridgehead atoms. The number of hydrogen-bond donors (Lipinski definition) is 1. The molecule has 2 N–H and O–H groups in total. The van der Waals surface area contributed by atoms with Crippen LogP contribution in [0.4, 0.5) is 18.9 Å². The number of halogens is 3. The number of anilines is 1. The third-order valence-corrected chi connectivity index (χ3v) is 4.63. The van der Waals surface area contributed by atoms with Gasteiger partial charge in [-0.25, -0.2) is 4.79 Å². The molecule has 6 nitrogen and oxygen atoms in total. The van der Waals surface area contributed by atoms with Gasteiger partial charge in [0.15, 0.2) is 0 Å². The summed E-state index contributed by atoms with van der Waals surface area (Å²) in [5.41, 5.74) is 5.76. The Balaban J connectivity index is 2.50. The zero-order valence-corrected chi connectivity index (χ0v) is 13.4. The van der Waals surface area contributed by atoms with Crippen molar-refractivity contribution in [3.8, 4) is 0 Å². The molecule has 0 unspecified atom stereocenters. The first-order chi connectivity index (χ1) is 11.7. The molecular weight excluding hydrogens is 361 g/mol. The van der Waals surface area contributed by atoms with E-state index in [1.54, 1.807) is 0 Å². The second-order valence-electron chi connectivity index (χ2n) is 4.79. The highest BCUT2D eigenvalue weighted by Crippen LogP contribution is 2.27. The minimum atomic E-state index is -5.36. The normalized spacial score (nSPS) is 11.8. The molecule has 0 saturated carbocycles.